The highest BCUT2D eigenvalue weighted by atomic mass is 79.9. The number of aromatic nitrogens is 3. The van der Waals surface area contributed by atoms with Gasteiger partial charge in [0.2, 0.25) is 0 Å². The number of nitrogens with zero attached hydrogens (tertiary/aromatic N) is 3. The largest absolute Gasteiger partial charge is 0.356 e. The SMILES string of the molecule is Cn1ccnc1C(Nc1ccc(Br)cn1)c1ccccc1. The van der Waals surface area contributed by atoms with Gasteiger partial charge in [-0.25, -0.2) is 9.97 Å². The molecule has 5 heteroatoms. The van der Waals surface area contributed by atoms with Crippen molar-refractivity contribution in [1.29, 1.82) is 0 Å². The number of nitrogens with one attached hydrogen (secondary N) is 1. The maximum Gasteiger partial charge on any atom is 0.135 e. The summed E-state index contributed by atoms with van der Waals surface area (Å²) in [5.41, 5.74) is 1.15. The van der Waals surface area contributed by atoms with Crippen LogP contribution >= 0.6 is 15.9 Å². The van der Waals surface area contributed by atoms with E-state index in [2.05, 4.69) is 43.3 Å². The summed E-state index contributed by atoms with van der Waals surface area (Å²) >= 11 is 3.40. The van der Waals surface area contributed by atoms with Gasteiger partial charge < -0.3 is 9.88 Å². The summed E-state index contributed by atoms with van der Waals surface area (Å²) in [5.74, 6) is 1.76. The zero-order chi connectivity index (χ0) is 14.7. The van der Waals surface area contributed by atoms with Gasteiger partial charge in [-0.1, -0.05) is 30.3 Å². The molecule has 0 aliphatic heterocycles. The van der Waals surface area contributed by atoms with Crippen LogP contribution < -0.4 is 5.32 Å². The van der Waals surface area contributed by atoms with Gasteiger partial charge in [-0.05, 0) is 33.6 Å². The van der Waals surface area contributed by atoms with E-state index in [9.17, 15) is 0 Å². The van der Waals surface area contributed by atoms with E-state index < -0.39 is 0 Å². The van der Waals surface area contributed by atoms with Gasteiger partial charge in [0, 0.05) is 30.1 Å². The maximum atomic E-state index is 4.47. The summed E-state index contributed by atoms with van der Waals surface area (Å²) < 4.78 is 2.98. The summed E-state index contributed by atoms with van der Waals surface area (Å²) in [5, 5.41) is 3.45. The lowest BCUT2D eigenvalue weighted by atomic mass is 10.1. The summed E-state index contributed by atoms with van der Waals surface area (Å²) in [6.45, 7) is 0. The monoisotopic (exact) mass is 342 g/mol. The van der Waals surface area contributed by atoms with Crippen LogP contribution in [0.25, 0.3) is 0 Å². The van der Waals surface area contributed by atoms with Gasteiger partial charge >= 0.3 is 0 Å². The Hall–Kier alpha value is -2.14. The molecule has 2 aromatic heterocycles. The maximum absolute atomic E-state index is 4.47. The quantitative estimate of drug-likeness (QED) is 0.784. The van der Waals surface area contributed by atoms with E-state index >= 15 is 0 Å². The molecular weight excluding hydrogens is 328 g/mol. The molecule has 1 atom stereocenters. The molecule has 0 spiro atoms. The molecule has 1 aromatic carbocycles. The number of halogens is 1. The minimum Gasteiger partial charge on any atom is -0.356 e. The standard InChI is InChI=1S/C16H15BrN4/c1-21-10-9-18-16(21)15(12-5-3-2-4-6-12)20-14-8-7-13(17)11-19-14/h2-11,15H,1H3,(H,19,20). The third-order valence-corrected chi connectivity index (χ3v) is 3.74. The zero-order valence-electron chi connectivity index (χ0n) is 11.6. The Morgan fingerprint density at radius 3 is 2.52 bits per heavy atom. The second-order valence-electron chi connectivity index (χ2n) is 4.75. The van der Waals surface area contributed by atoms with Gasteiger partial charge in [-0.15, -0.1) is 0 Å². The number of anilines is 1. The number of aryl methyl sites for hydroxylation is 1. The average Bonchev–Trinajstić information content (AvgIpc) is 2.93. The minimum absolute atomic E-state index is 0.0418. The Morgan fingerprint density at radius 1 is 1.10 bits per heavy atom. The van der Waals surface area contributed by atoms with Gasteiger partial charge in [0.15, 0.2) is 0 Å². The van der Waals surface area contributed by atoms with Crippen molar-refractivity contribution in [1.82, 2.24) is 14.5 Å². The molecule has 21 heavy (non-hydrogen) atoms. The fraction of sp³-hybridized carbons (Fsp3) is 0.125. The average molecular weight is 343 g/mol. The predicted octanol–water partition coefficient (Wildman–Crippen LogP) is 3.78. The van der Waals surface area contributed by atoms with Crippen LogP contribution in [0.15, 0.2) is 65.5 Å². The Kier molecular flexibility index (Phi) is 4.01. The number of hydrogen-bond donors (Lipinski definition) is 1. The number of benzene rings is 1. The van der Waals surface area contributed by atoms with Crippen molar-refractivity contribution in [3.05, 3.63) is 76.9 Å². The van der Waals surface area contributed by atoms with Crippen LogP contribution in [0, 0.1) is 0 Å². The van der Waals surface area contributed by atoms with Crippen molar-refractivity contribution in [2.24, 2.45) is 7.05 Å². The summed E-state index contributed by atoms with van der Waals surface area (Å²) in [4.78, 5) is 8.86. The molecule has 0 saturated heterocycles. The Morgan fingerprint density at radius 2 is 1.90 bits per heavy atom. The van der Waals surface area contributed by atoms with E-state index in [-0.39, 0.29) is 6.04 Å². The van der Waals surface area contributed by atoms with Crippen molar-refractivity contribution in [2.75, 3.05) is 5.32 Å². The number of hydrogen-bond acceptors (Lipinski definition) is 3. The molecule has 0 aliphatic carbocycles. The second-order valence-corrected chi connectivity index (χ2v) is 5.66. The van der Waals surface area contributed by atoms with E-state index in [0.717, 1.165) is 21.7 Å². The lowest BCUT2D eigenvalue weighted by Gasteiger charge is -2.19. The van der Waals surface area contributed by atoms with Crippen molar-refractivity contribution >= 4 is 21.7 Å². The van der Waals surface area contributed by atoms with Gasteiger partial charge in [-0.3, -0.25) is 0 Å². The number of imidazole rings is 1. The predicted molar refractivity (Wildman–Crippen MR) is 87.1 cm³/mol. The Bertz CT molecular complexity index is 707. The minimum atomic E-state index is -0.0418. The summed E-state index contributed by atoms with van der Waals surface area (Å²) in [7, 11) is 2.00. The first-order chi connectivity index (χ1) is 10.2. The van der Waals surface area contributed by atoms with Gasteiger partial charge in [-0.2, -0.15) is 0 Å². The van der Waals surface area contributed by atoms with Gasteiger partial charge in [0.25, 0.3) is 0 Å². The Balaban J connectivity index is 1.97. The molecule has 1 N–H and O–H groups in total. The van der Waals surface area contributed by atoms with Crippen LogP contribution in [0.2, 0.25) is 0 Å². The molecule has 2 heterocycles. The van der Waals surface area contributed by atoms with Gasteiger partial charge in [0.1, 0.15) is 17.7 Å². The van der Waals surface area contributed by atoms with Gasteiger partial charge in [0.05, 0.1) is 0 Å². The van der Waals surface area contributed by atoms with Crippen molar-refractivity contribution in [2.45, 2.75) is 6.04 Å². The smallest absolute Gasteiger partial charge is 0.135 e. The van der Waals surface area contributed by atoms with Crippen LogP contribution in [-0.4, -0.2) is 14.5 Å². The van der Waals surface area contributed by atoms with E-state index in [1.54, 1.807) is 6.20 Å². The van der Waals surface area contributed by atoms with Crippen molar-refractivity contribution in [3.8, 4) is 0 Å². The fourth-order valence-electron chi connectivity index (χ4n) is 2.21. The van der Waals surface area contributed by atoms with Crippen LogP contribution in [0.3, 0.4) is 0 Å². The zero-order valence-corrected chi connectivity index (χ0v) is 13.2. The molecule has 0 radical (unpaired) electrons. The topological polar surface area (TPSA) is 42.7 Å². The molecule has 0 aliphatic rings. The van der Waals surface area contributed by atoms with E-state index in [0.29, 0.717) is 0 Å². The van der Waals surface area contributed by atoms with Crippen molar-refractivity contribution < 1.29 is 0 Å². The number of rotatable bonds is 4. The highest BCUT2D eigenvalue weighted by Gasteiger charge is 2.18. The molecular formula is C16H15BrN4. The normalized spacial score (nSPS) is 12.1. The third-order valence-electron chi connectivity index (χ3n) is 3.27. The summed E-state index contributed by atoms with van der Waals surface area (Å²) in [6, 6.07) is 14.1. The molecule has 3 aromatic rings. The molecule has 0 fully saturated rings. The second kappa shape index (κ2) is 6.10. The molecule has 0 amide bonds. The van der Waals surface area contributed by atoms with Crippen molar-refractivity contribution in [3.63, 3.8) is 0 Å². The highest BCUT2D eigenvalue weighted by molar-refractivity contribution is 9.10. The lowest BCUT2D eigenvalue weighted by Crippen LogP contribution is -2.17. The molecule has 0 saturated carbocycles. The first-order valence-electron chi connectivity index (χ1n) is 6.64. The lowest BCUT2D eigenvalue weighted by molar-refractivity contribution is 0.745. The van der Waals surface area contributed by atoms with Crippen LogP contribution in [0.4, 0.5) is 5.82 Å². The Labute approximate surface area is 132 Å². The van der Waals surface area contributed by atoms with E-state index in [1.165, 1.54) is 0 Å². The third kappa shape index (κ3) is 3.13. The first kappa shape index (κ1) is 13.8. The fourth-order valence-corrected chi connectivity index (χ4v) is 2.44. The molecule has 3 rings (SSSR count). The van der Waals surface area contributed by atoms with Crippen LogP contribution in [0.1, 0.15) is 17.4 Å². The molecule has 0 bridgehead atoms. The van der Waals surface area contributed by atoms with Crippen LogP contribution in [0.5, 0.6) is 0 Å². The van der Waals surface area contributed by atoms with Crippen LogP contribution in [-0.2, 0) is 7.05 Å². The molecule has 106 valence electrons. The highest BCUT2D eigenvalue weighted by Crippen LogP contribution is 2.24. The molecule has 4 nitrogen and oxygen atoms in total. The summed E-state index contributed by atoms with van der Waals surface area (Å²) in [6.07, 6.45) is 5.53. The first-order valence-corrected chi connectivity index (χ1v) is 7.43. The van der Waals surface area contributed by atoms with E-state index in [4.69, 9.17) is 0 Å². The van der Waals surface area contributed by atoms with E-state index in [1.807, 2.05) is 54.3 Å². The molecule has 1 unspecified atom stereocenters. The number of pyridine rings is 1.